The van der Waals surface area contributed by atoms with Gasteiger partial charge in [-0.25, -0.2) is 8.42 Å². The van der Waals surface area contributed by atoms with Gasteiger partial charge in [-0.3, -0.25) is 0 Å². The summed E-state index contributed by atoms with van der Waals surface area (Å²) in [6.07, 6.45) is -4.21. The number of sulfone groups is 1. The smallest absolute Gasteiger partial charge is 0.406 e. The van der Waals surface area contributed by atoms with Crippen molar-refractivity contribution in [1.29, 1.82) is 0 Å². The summed E-state index contributed by atoms with van der Waals surface area (Å²) in [6, 6.07) is 5.27. The van der Waals surface area contributed by atoms with Crippen molar-refractivity contribution in [2.45, 2.75) is 19.7 Å². The van der Waals surface area contributed by atoms with Crippen LogP contribution in [0.4, 0.5) is 18.9 Å². The summed E-state index contributed by atoms with van der Waals surface area (Å²) in [6.45, 7) is 1.90. The molecule has 0 amide bonds. The van der Waals surface area contributed by atoms with Gasteiger partial charge in [0.25, 0.3) is 0 Å². The van der Waals surface area contributed by atoms with E-state index >= 15 is 0 Å². The molecule has 0 atom stereocenters. The van der Waals surface area contributed by atoms with Gasteiger partial charge in [-0.2, -0.15) is 0 Å². The van der Waals surface area contributed by atoms with Gasteiger partial charge in [-0.15, -0.1) is 13.2 Å². The van der Waals surface area contributed by atoms with Gasteiger partial charge in [0.1, 0.15) is 5.75 Å². The fourth-order valence-corrected chi connectivity index (χ4v) is 2.81. The quantitative estimate of drug-likeness (QED) is 0.841. The highest BCUT2D eigenvalue weighted by molar-refractivity contribution is 7.91. The summed E-state index contributed by atoms with van der Waals surface area (Å²) in [5, 5.41) is 2.76. The van der Waals surface area contributed by atoms with E-state index in [2.05, 4.69) is 10.1 Å². The molecular formula is C12H16F3NO3S. The number of hydrogen-bond donors (Lipinski definition) is 1. The van der Waals surface area contributed by atoms with Gasteiger partial charge in [0, 0.05) is 24.1 Å². The Bertz CT molecular complexity index is 529. The topological polar surface area (TPSA) is 55.4 Å². The molecule has 0 aliphatic carbocycles. The maximum atomic E-state index is 12.0. The lowest BCUT2D eigenvalue weighted by Gasteiger charge is -2.11. The average molecular weight is 311 g/mol. The highest BCUT2D eigenvalue weighted by atomic mass is 32.2. The maximum absolute atomic E-state index is 12.0. The van der Waals surface area contributed by atoms with Crippen molar-refractivity contribution in [3.05, 3.63) is 24.3 Å². The van der Waals surface area contributed by atoms with Crippen molar-refractivity contribution in [3.8, 4) is 5.75 Å². The minimum absolute atomic E-state index is 0.0643. The molecule has 1 N–H and O–H groups in total. The number of alkyl halides is 3. The third kappa shape index (κ3) is 6.65. The van der Waals surface area contributed by atoms with Crippen LogP contribution in [0.2, 0.25) is 0 Å². The van der Waals surface area contributed by atoms with Crippen molar-refractivity contribution in [2.24, 2.45) is 0 Å². The zero-order chi connectivity index (χ0) is 15.2. The lowest BCUT2D eigenvalue weighted by molar-refractivity contribution is -0.274. The van der Waals surface area contributed by atoms with Gasteiger partial charge >= 0.3 is 6.36 Å². The SMILES string of the molecule is CCCS(=O)(=O)CCNc1cccc(OC(F)(F)F)c1. The molecule has 0 saturated carbocycles. The molecule has 0 bridgehead atoms. The van der Waals surface area contributed by atoms with Crippen molar-refractivity contribution >= 4 is 15.5 Å². The second-order valence-electron chi connectivity index (χ2n) is 4.15. The van der Waals surface area contributed by atoms with Gasteiger partial charge in [0.15, 0.2) is 9.84 Å². The predicted molar refractivity (Wildman–Crippen MR) is 70.6 cm³/mol. The molecule has 0 heterocycles. The Morgan fingerprint density at radius 1 is 1.25 bits per heavy atom. The molecule has 0 fully saturated rings. The molecule has 0 unspecified atom stereocenters. The first-order valence-corrected chi connectivity index (χ1v) is 7.84. The van der Waals surface area contributed by atoms with E-state index in [9.17, 15) is 21.6 Å². The summed E-state index contributed by atoms with van der Waals surface area (Å²) in [4.78, 5) is 0. The third-order valence-electron chi connectivity index (χ3n) is 2.32. The molecule has 8 heteroatoms. The Kier molecular flexibility index (Phi) is 5.67. The molecule has 20 heavy (non-hydrogen) atoms. The van der Waals surface area contributed by atoms with E-state index < -0.39 is 16.2 Å². The van der Waals surface area contributed by atoms with E-state index in [1.165, 1.54) is 24.3 Å². The summed E-state index contributed by atoms with van der Waals surface area (Å²) in [7, 11) is -3.11. The first-order valence-electron chi connectivity index (χ1n) is 6.02. The molecule has 0 aliphatic rings. The van der Waals surface area contributed by atoms with Crippen LogP contribution in [0.3, 0.4) is 0 Å². The van der Waals surface area contributed by atoms with Crippen LogP contribution in [0, 0.1) is 0 Å². The molecule has 1 aromatic carbocycles. The van der Waals surface area contributed by atoms with Crippen LogP contribution >= 0.6 is 0 Å². The number of ether oxygens (including phenoxy) is 1. The van der Waals surface area contributed by atoms with Crippen LogP contribution in [0.25, 0.3) is 0 Å². The van der Waals surface area contributed by atoms with Crippen LogP contribution in [0.5, 0.6) is 5.75 Å². The number of halogens is 3. The molecular weight excluding hydrogens is 295 g/mol. The van der Waals surface area contributed by atoms with Crippen LogP contribution in [0.15, 0.2) is 24.3 Å². The fourth-order valence-electron chi connectivity index (χ4n) is 1.57. The average Bonchev–Trinajstić information content (AvgIpc) is 2.26. The molecule has 0 radical (unpaired) electrons. The lowest BCUT2D eigenvalue weighted by atomic mass is 10.3. The highest BCUT2D eigenvalue weighted by Gasteiger charge is 2.31. The largest absolute Gasteiger partial charge is 0.573 e. The first kappa shape index (κ1) is 16.6. The number of nitrogens with one attached hydrogen (secondary N) is 1. The normalized spacial score (nSPS) is 12.2. The van der Waals surface area contributed by atoms with Crippen molar-refractivity contribution in [1.82, 2.24) is 0 Å². The summed E-state index contributed by atoms with van der Waals surface area (Å²) < 4.78 is 62.8. The molecule has 0 saturated heterocycles. The second kappa shape index (κ2) is 6.83. The van der Waals surface area contributed by atoms with Crippen LogP contribution in [-0.4, -0.2) is 32.8 Å². The Hall–Kier alpha value is -1.44. The number of rotatable bonds is 7. The molecule has 0 aliphatic heterocycles. The minimum atomic E-state index is -4.75. The van der Waals surface area contributed by atoms with Crippen molar-refractivity contribution in [2.75, 3.05) is 23.4 Å². The Labute approximate surface area is 115 Å². The monoisotopic (exact) mass is 311 g/mol. The number of anilines is 1. The summed E-state index contributed by atoms with van der Waals surface area (Å²) in [5.41, 5.74) is 0.374. The Balaban J connectivity index is 2.55. The van der Waals surface area contributed by atoms with Gasteiger partial charge < -0.3 is 10.1 Å². The maximum Gasteiger partial charge on any atom is 0.573 e. The van der Waals surface area contributed by atoms with Crippen LogP contribution < -0.4 is 10.1 Å². The molecule has 1 aromatic rings. The van der Waals surface area contributed by atoms with E-state index in [0.717, 1.165) is 0 Å². The zero-order valence-electron chi connectivity index (χ0n) is 10.9. The fraction of sp³-hybridized carbons (Fsp3) is 0.500. The van der Waals surface area contributed by atoms with Crippen molar-refractivity contribution < 1.29 is 26.3 Å². The van der Waals surface area contributed by atoms with Gasteiger partial charge in [0.2, 0.25) is 0 Å². The Morgan fingerprint density at radius 3 is 2.55 bits per heavy atom. The third-order valence-corrected chi connectivity index (χ3v) is 4.18. The molecule has 0 spiro atoms. The van der Waals surface area contributed by atoms with Crippen LogP contribution in [0.1, 0.15) is 13.3 Å². The van der Waals surface area contributed by atoms with Crippen molar-refractivity contribution in [3.63, 3.8) is 0 Å². The van der Waals surface area contributed by atoms with E-state index in [4.69, 9.17) is 0 Å². The Morgan fingerprint density at radius 2 is 1.95 bits per heavy atom. The first-order chi connectivity index (χ1) is 9.22. The van der Waals surface area contributed by atoms with Gasteiger partial charge in [0.05, 0.1) is 5.75 Å². The van der Waals surface area contributed by atoms with Gasteiger partial charge in [-0.1, -0.05) is 13.0 Å². The van der Waals surface area contributed by atoms with E-state index in [-0.39, 0.29) is 23.8 Å². The van der Waals surface area contributed by atoms with E-state index in [0.29, 0.717) is 12.1 Å². The molecule has 4 nitrogen and oxygen atoms in total. The lowest BCUT2D eigenvalue weighted by Crippen LogP contribution is -2.19. The predicted octanol–water partition coefficient (Wildman–Crippen LogP) is 2.82. The van der Waals surface area contributed by atoms with E-state index in [1.54, 1.807) is 6.92 Å². The highest BCUT2D eigenvalue weighted by Crippen LogP contribution is 2.24. The molecule has 0 aromatic heterocycles. The number of hydrogen-bond acceptors (Lipinski definition) is 4. The standard InChI is InChI=1S/C12H16F3NO3S/c1-2-7-20(17,18)8-6-16-10-4-3-5-11(9-10)19-12(13,14)15/h3-5,9,16H,2,6-8H2,1H3. The number of benzene rings is 1. The second-order valence-corrected chi connectivity index (χ2v) is 6.46. The minimum Gasteiger partial charge on any atom is -0.406 e. The van der Waals surface area contributed by atoms with Crippen LogP contribution in [-0.2, 0) is 9.84 Å². The zero-order valence-corrected chi connectivity index (χ0v) is 11.7. The van der Waals surface area contributed by atoms with Gasteiger partial charge in [-0.05, 0) is 18.6 Å². The molecule has 1 rings (SSSR count). The summed E-state index contributed by atoms with van der Waals surface area (Å²) in [5.74, 6) is -0.309. The van der Waals surface area contributed by atoms with E-state index in [1.807, 2.05) is 0 Å². The molecule has 114 valence electrons. The summed E-state index contributed by atoms with van der Waals surface area (Å²) >= 11 is 0.